The van der Waals surface area contributed by atoms with Gasteiger partial charge < -0.3 is 14.8 Å². The molecule has 9 heteroatoms. The number of benzene rings is 4. The fourth-order valence-electron chi connectivity index (χ4n) is 5.46. The molecule has 4 aromatic carbocycles. The molecule has 1 aliphatic rings. The van der Waals surface area contributed by atoms with Crippen LogP contribution in [0.3, 0.4) is 0 Å². The number of nitrogens with one attached hydrogen (secondary N) is 1. The number of nitriles is 1. The third-order valence-corrected chi connectivity index (χ3v) is 8.02. The van der Waals surface area contributed by atoms with Crippen molar-refractivity contribution in [3.63, 3.8) is 0 Å². The van der Waals surface area contributed by atoms with Crippen LogP contribution in [-0.4, -0.2) is 50.4 Å². The summed E-state index contributed by atoms with van der Waals surface area (Å²) >= 11 is 12.4. The van der Waals surface area contributed by atoms with Crippen molar-refractivity contribution in [2.45, 2.75) is 25.4 Å². The molecule has 1 N–H and O–H groups in total. The predicted octanol–water partition coefficient (Wildman–Crippen LogP) is 8.26. The molecule has 226 valence electrons. The number of rotatable bonds is 10. The highest BCUT2D eigenvalue weighted by molar-refractivity contribution is 6.35. The van der Waals surface area contributed by atoms with Crippen molar-refractivity contribution in [3.05, 3.63) is 112 Å². The Morgan fingerprint density at radius 2 is 1.66 bits per heavy atom. The Hall–Kier alpha value is -4.06. The Balaban J connectivity index is 1.32. The number of urea groups is 1. The lowest BCUT2D eigenvalue weighted by atomic mass is 10.00. The van der Waals surface area contributed by atoms with Gasteiger partial charge in [-0.2, -0.15) is 5.26 Å². The number of carbonyl (C=O) groups is 1. The van der Waals surface area contributed by atoms with Gasteiger partial charge in [-0.15, -0.1) is 0 Å². The standard InChI is InChI=1S/C35H34Cl2N4O3/c1-43-16-17-44-34-7-3-5-26(19-34)24-40-14-12-33(13-15-40)41(35(42)39-31-21-29(36)20-30(37)22-31)32-10-8-27(9-11-32)28-6-2-4-25(18-28)23-38/h2-11,18-22,33H,12-17,24H2,1H3,(H,39,42). The average molecular weight is 630 g/mol. The van der Waals surface area contributed by atoms with Crippen LogP contribution in [0.25, 0.3) is 11.1 Å². The maximum Gasteiger partial charge on any atom is 0.326 e. The highest BCUT2D eigenvalue weighted by Crippen LogP contribution is 2.30. The fourth-order valence-corrected chi connectivity index (χ4v) is 5.98. The summed E-state index contributed by atoms with van der Waals surface area (Å²) in [7, 11) is 1.66. The molecule has 1 aliphatic heterocycles. The Bertz CT molecular complexity index is 1600. The molecule has 44 heavy (non-hydrogen) atoms. The van der Waals surface area contributed by atoms with Gasteiger partial charge in [0.05, 0.1) is 18.2 Å². The van der Waals surface area contributed by atoms with Gasteiger partial charge in [0.1, 0.15) is 12.4 Å². The number of hydrogen-bond acceptors (Lipinski definition) is 5. The van der Waals surface area contributed by atoms with E-state index < -0.39 is 0 Å². The van der Waals surface area contributed by atoms with Gasteiger partial charge in [0, 0.05) is 54.2 Å². The molecule has 7 nitrogen and oxygen atoms in total. The van der Waals surface area contributed by atoms with Crippen LogP contribution in [0.15, 0.2) is 91.0 Å². The molecule has 4 aromatic rings. The van der Waals surface area contributed by atoms with Crippen LogP contribution in [-0.2, 0) is 11.3 Å². The summed E-state index contributed by atoms with van der Waals surface area (Å²) in [5, 5.41) is 13.2. The zero-order valence-electron chi connectivity index (χ0n) is 24.5. The lowest BCUT2D eigenvalue weighted by Gasteiger charge is -2.38. The second-order valence-corrected chi connectivity index (χ2v) is 11.6. The highest BCUT2D eigenvalue weighted by Gasteiger charge is 2.29. The second kappa shape index (κ2) is 15.1. The number of halogens is 2. The molecule has 0 radical (unpaired) electrons. The van der Waals surface area contributed by atoms with Crippen LogP contribution in [0.2, 0.25) is 10.0 Å². The number of piperidine rings is 1. The van der Waals surface area contributed by atoms with E-state index in [1.807, 2.05) is 59.5 Å². The zero-order valence-corrected chi connectivity index (χ0v) is 26.0. The van der Waals surface area contributed by atoms with Gasteiger partial charge in [0.15, 0.2) is 0 Å². The van der Waals surface area contributed by atoms with E-state index in [4.69, 9.17) is 32.7 Å². The van der Waals surface area contributed by atoms with Gasteiger partial charge in [-0.25, -0.2) is 4.79 Å². The van der Waals surface area contributed by atoms with Crippen molar-refractivity contribution in [1.29, 1.82) is 5.26 Å². The molecule has 5 rings (SSSR count). The number of carbonyl (C=O) groups excluding carboxylic acids is 1. The van der Waals surface area contributed by atoms with Crippen molar-refractivity contribution in [3.8, 4) is 22.9 Å². The van der Waals surface area contributed by atoms with Crippen LogP contribution >= 0.6 is 23.2 Å². The zero-order chi connectivity index (χ0) is 30.9. The molecule has 1 fully saturated rings. The van der Waals surface area contributed by atoms with Crippen LogP contribution in [0.4, 0.5) is 16.2 Å². The quantitative estimate of drug-likeness (QED) is 0.179. The molecule has 1 heterocycles. The molecule has 0 spiro atoms. The summed E-state index contributed by atoms with van der Waals surface area (Å²) < 4.78 is 10.9. The number of ether oxygens (including phenoxy) is 2. The summed E-state index contributed by atoms with van der Waals surface area (Å²) in [4.78, 5) is 18.1. The second-order valence-electron chi connectivity index (χ2n) is 10.7. The fraction of sp³-hybridized carbons (Fsp3) is 0.257. The number of anilines is 2. The molecule has 0 aromatic heterocycles. The highest BCUT2D eigenvalue weighted by atomic mass is 35.5. The van der Waals surface area contributed by atoms with Gasteiger partial charge in [-0.05, 0) is 84.1 Å². The number of hydrogen-bond donors (Lipinski definition) is 1. The smallest absolute Gasteiger partial charge is 0.326 e. The van der Waals surface area contributed by atoms with Crippen molar-refractivity contribution < 1.29 is 14.3 Å². The number of likely N-dealkylation sites (tertiary alicyclic amines) is 1. The normalized spacial score (nSPS) is 13.7. The van der Waals surface area contributed by atoms with Gasteiger partial charge in [-0.1, -0.05) is 59.6 Å². The lowest BCUT2D eigenvalue weighted by molar-refractivity contribution is 0.146. The maximum absolute atomic E-state index is 13.8. The van der Waals surface area contributed by atoms with Crippen molar-refractivity contribution in [2.24, 2.45) is 0 Å². The van der Waals surface area contributed by atoms with E-state index in [0.717, 1.165) is 55.0 Å². The van der Waals surface area contributed by atoms with Gasteiger partial charge >= 0.3 is 6.03 Å². The summed E-state index contributed by atoms with van der Waals surface area (Å²) in [6.45, 7) is 3.54. The van der Waals surface area contributed by atoms with Crippen LogP contribution in [0, 0.1) is 11.3 Å². The average Bonchev–Trinajstić information content (AvgIpc) is 3.02. The summed E-state index contributed by atoms with van der Waals surface area (Å²) in [6.07, 6.45) is 1.61. The molecular weight excluding hydrogens is 595 g/mol. The summed E-state index contributed by atoms with van der Waals surface area (Å²) in [5.74, 6) is 0.834. The molecule has 0 bridgehead atoms. The van der Waals surface area contributed by atoms with Crippen LogP contribution in [0.1, 0.15) is 24.0 Å². The molecule has 0 unspecified atom stereocenters. The first kappa shape index (κ1) is 31.4. The molecule has 2 amide bonds. The predicted molar refractivity (Wildman–Crippen MR) is 177 cm³/mol. The SMILES string of the molecule is COCCOc1cccc(CN2CCC(N(C(=O)Nc3cc(Cl)cc(Cl)c3)c3ccc(-c4cccc(C#N)c4)cc3)CC2)c1. The molecule has 1 saturated heterocycles. The van der Waals surface area contributed by atoms with E-state index in [-0.39, 0.29) is 12.1 Å². The first-order valence-electron chi connectivity index (χ1n) is 14.5. The van der Waals surface area contributed by atoms with E-state index in [9.17, 15) is 10.1 Å². The van der Waals surface area contributed by atoms with E-state index in [1.54, 1.807) is 31.4 Å². The van der Waals surface area contributed by atoms with Crippen molar-refractivity contribution in [2.75, 3.05) is 43.6 Å². The first-order valence-corrected chi connectivity index (χ1v) is 15.3. The largest absolute Gasteiger partial charge is 0.491 e. The Morgan fingerprint density at radius 3 is 2.36 bits per heavy atom. The lowest BCUT2D eigenvalue weighted by Crippen LogP contribution is -2.49. The molecule has 0 saturated carbocycles. The van der Waals surface area contributed by atoms with Crippen LogP contribution < -0.4 is 15.0 Å². The minimum absolute atomic E-state index is 0.0163. The molecular formula is C35H34Cl2N4O3. The van der Waals surface area contributed by atoms with Crippen molar-refractivity contribution in [1.82, 2.24) is 4.90 Å². The van der Waals surface area contributed by atoms with E-state index >= 15 is 0 Å². The van der Waals surface area contributed by atoms with E-state index in [2.05, 4.69) is 28.4 Å². The number of nitrogens with zero attached hydrogens (tertiary/aromatic N) is 3. The summed E-state index contributed by atoms with van der Waals surface area (Å²) in [6, 6.07) is 30.5. The Kier molecular flexibility index (Phi) is 10.8. The summed E-state index contributed by atoms with van der Waals surface area (Å²) in [5.41, 5.74) is 5.02. The van der Waals surface area contributed by atoms with Gasteiger partial charge in [0.2, 0.25) is 0 Å². The topological polar surface area (TPSA) is 77.8 Å². The first-order chi connectivity index (χ1) is 21.4. The molecule has 0 atom stereocenters. The molecule has 0 aliphatic carbocycles. The minimum atomic E-state index is -0.248. The van der Waals surface area contributed by atoms with Gasteiger partial charge in [-0.3, -0.25) is 9.80 Å². The minimum Gasteiger partial charge on any atom is -0.491 e. The third-order valence-electron chi connectivity index (χ3n) is 7.59. The number of amides is 2. The Labute approximate surface area is 268 Å². The maximum atomic E-state index is 13.8. The van der Waals surface area contributed by atoms with E-state index in [0.29, 0.717) is 34.5 Å². The Morgan fingerprint density at radius 1 is 0.932 bits per heavy atom. The van der Waals surface area contributed by atoms with E-state index in [1.165, 1.54) is 5.56 Å². The monoisotopic (exact) mass is 628 g/mol. The number of methoxy groups -OCH3 is 1. The van der Waals surface area contributed by atoms with Crippen LogP contribution in [0.5, 0.6) is 5.75 Å². The van der Waals surface area contributed by atoms with Crippen molar-refractivity contribution >= 4 is 40.6 Å². The van der Waals surface area contributed by atoms with Gasteiger partial charge in [0.25, 0.3) is 0 Å². The third kappa shape index (κ3) is 8.31.